The SMILES string of the molecule is CSc1ccc(CN(C)C(=O)c2cc([N+](=O)[O-])c(C)c([N+](=O)[O-])c2)cc1. The van der Waals surface area contributed by atoms with Crippen LogP contribution in [0.2, 0.25) is 0 Å². The number of thioether (sulfide) groups is 1. The van der Waals surface area contributed by atoms with Crippen molar-refractivity contribution < 1.29 is 14.6 Å². The van der Waals surface area contributed by atoms with Gasteiger partial charge in [0.2, 0.25) is 0 Å². The van der Waals surface area contributed by atoms with E-state index in [1.54, 1.807) is 18.8 Å². The quantitative estimate of drug-likeness (QED) is 0.432. The molecular formula is C17H17N3O5S. The normalized spacial score (nSPS) is 10.4. The van der Waals surface area contributed by atoms with E-state index in [1.807, 2.05) is 30.5 Å². The molecule has 0 bridgehead atoms. The lowest BCUT2D eigenvalue weighted by atomic mass is 10.1. The number of amides is 1. The Bertz CT molecular complexity index is 832. The Balaban J connectivity index is 2.32. The van der Waals surface area contributed by atoms with Gasteiger partial charge in [0.05, 0.1) is 15.4 Å². The molecule has 0 aliphatic carbocycles. The second-order valence-electron chi connectivity index (χ2n) is 5.66. The van der Waals surface area contributed by atoms with Crippen LogP contribution in [0, 0.1) is 27.2 Å². The van der Waals surface area contributed by atoms with Gasteiger partial charge in [-0.15, -0.1) is 11.8 Å². The van der Waals surface area contributed by atoms with E-state index in [2.05, 4.69) is 0 Å². The molecule has 136 valence electrons. The number of benzene rings is 2. The number of hydrogen-bond donors (Lipinski definition) is 0. The lowest BCUT2D eigenvalue weighted by Crippen LogP contribution is -2.26. The van der Waals surface area contributed by atoms with Gasteiger partial charge >= 0.3 is 0 Å². The fourth-order valence-electron chi connectivity index (χ4n) is 2.48. The van der Waals surface area contributed by atoms with Crippen molar-refractivity contribution in [1.82, 2.24) is 4.90 Å². The lowest BCUT2D eigenvalue weighted by molar-refractivity contribution is -0.395. The molecule has 0 radical (unpaired) electrons. The van der Waals surface area contributed by atoms with Gasteiger partial charge in [-0.25, -0.2) is 0 Å². The fraction of sp³-hybridized carbons (Fsp3) is 0.235. The molecule has 0 unspecified atom stereocenters. The zero-order valence-electron chi connectivity index (χ0n) is 14.5. The summed E-state index contributed by atoms with van der Waals surface area (Å²) in [5.74, 6) is -0.523. The van der Waals surface area contributed by atoms with E-state index in [0.717, 1.165) is 22.6 Å². The summed E-state index contributed by atoms with van der Waals surface area (Å²) in [5, 5.41) is 22.3. The van der Waals surface area contributed by atoms with Crippen LogP contribution in [0.4, 0.5) is 11.4 Å². The number of hydrogen-bond acceptors (Lipinski definition) is 6. The largest absolute Gasteiger partial charge is 0.337 e. The molecule has 0 aliphatic rings. The average Bonchev–Trinajstić information content (AvgIpc) is 2.61. The molecule has 0 heterocycles. The zero-order chi connectivity index (χ0) is 19.4. The first kappa shape index (κ1) is 19.4. The molecule has 0 fully saturated rings. The van der Waals surface area contributed by atoms with Crippen LogP contribution in [0.25, 0.3) is 0 Å². The van der Waals surface area contributed by atoms with Crippen LogP contribution < -0.4 is 0 Å². The molecule has 26 heavy (non-hydrogen) atoms. The number of nitro groups is 2. The summed E-state index contributed by atoms with van der Waals surface area (Å²) in [6.07, 6.45) is 1.96. The monoisotopic (exact) mass is 375 g/mol. The Labute approximate surface area is 154 Å². The Kier molecular flexibility index (Phi) is 5.93. The molecule has 0 spiro atoms. The number of rotatable bonds is 6. The van der Waals surface area contributed by atoms with E-state index in [1.165, 1.54) is 11.8 Å². The highest BCUT2D eigenvalue weighted by molar-refractivity contribution is 7.98. The van der Waals surface area contributed by atoms with Gasteiger partial charge in [-0.2, -0.15) is 0 Å². The average molecular weight is 375 g/mol. The minimum absolute atomic E-state index is 0.0770. The van der Waals surface area contributed by atoms with Crippen LogP contribution in [0.15, 0.2) is 41.3 Å². The van der Waals surface area contributed by atoms with Crippen molar-refractivity contribution >= 4 is 29.0 Å². The van der Waals surface area contributed by atoms with E-state index >= 15 is 0 Å². The van der Waals surface area contributed by atoms with Gasteiger partial charge in [0.15, 0.2) is 0 Å². The van der Waals surface area contributed by atoms with Gasteiger partial charge in [0.1, 0.15) is 5.56 Å². The van der Waals surface area contributed by atoms with Crippen LogP contribution in [-0.4, -0.2) is 34.0 Å². The predicted molar refractivity (Wildman–Crippen MR) is 98.5 cm³/mol. The molecule has 2 rings (SSSR count). The van der Waals surface area contributed by atoms with Crippen molar-refractivity contribution in [3.05, 3.63) is 73.3 Å². The van der Waals surface area contributed by atoms with E-state index in [-0.39, 0.29) is 17.7 Å². The molecule has 1 amide bonds. The van der Waals surface area contributed by atoms with Gasteiger partial charge in [-0.1, -0.05) is 12.1 Å². The smallest absolute Gasteiger partial charge is 0.279 e. The van der Waals surface area contributed by atoms with E-state index < -0.39 is 27.1 Å². The number of carbonyl (C=O) groups is 1. The Morgan fingerprint density at radius 1 is 1.08 bits per heavy atom. The predicted octanol–water partition coefficient (Wildman–Crippen LogP) is 3.81. The zero-order valence-corrected chi connectivity index (χ0v) is 15.3. The number of nitrogens with zero attached hydrogens (tertiary/aromatic N) is 3. The molecule has 2 aromatic rings. The highest BCUT2D eigenvalue weighted by Crippen LogP contribution is 2.30. The van der Waals surface area contributed by atoms with Crippen molar-refractivity contribution in [3.8, 4) is 0 Å². The van der Waals surface area contributed by atoms with Gasteiger partial charge in [-0.05, 0) is 30.9 Å². The van der Waals surface area contributed by atoms with Crippen LogP contribution >= 0.6 is 11.8 Å². The van der Waals surface area contributed by atoms with E-state index in [0.29, 0.717) is 0 Å². The molecule has 8 nitrogen and oxygen atoms in total. The maximum atomic E-state index is 12.6. The summed E-state index contributed by atoms with van der Waals surface area (Å²) >= 11 is 1.60. The van der Waals surface area contributed by atoms with Gasteiger partial charge in [-0.3, -0.25) is 25.0 Å². The lowest BCUT2D eigenvalue weighted by Gasteiger charge is -2.17. The Morgan fingerprint density at radius 2 is 1.58 bits per heavy atom. The summed E-state index contributed by atoms with van der Waals surface area (Å²) in [6, 6.07) is 9.79. The first-order valence-corrected chi connectivity index (χ1v) is 8.79. The van der Waals surface area contributed by atoms with Crippen LogP contribution in [-0.2, 0) is 6.54 Å². The second kappa shape index (κ2) is 7.96. The first-order chi connectivity index (χ1) is 12.2. The molecule has 9 heteroatoms. The van der Waals surface area contributed by atoms with Crippen LogP contribution in [0.3, 0.4) is 0 Å². The summed E-state index contributed by atoms with van der Waals surface area (Å²) in [6.45, 7) is 1.57. The van der Waals surface area contributed by atoms with Crippen molar-refractivity contribution in [2.45, 2.75) is 18.4 Å². The van der Waals surface area contributed by atoms with Crippen molar-refractivity contribution in [2.24, 2.45) is 0 Å². The molecule has 2 aromatic carbocycles. The Morgan fingerprint density at radius 3 is 2.00 bits per heavy atom. The summed E-state index contributed by atoms with van der Waals surface area (Å²) in [4.78, 5) is 35.9. The minimum atomic E-state index is -0.722. The number of nitro benzene ring substituents is 2. The van der Waals surface area contributed by atoms with Gasteiger partial charge in [0.25, 0.3) is 17.3 Å². The maximum absolute atomic E-state index is 12.6. The van der Waals surface area contributed by atoms with Crippen LogP contribution in [0.5, 0.6) is 0 Å². The topological polar surface area (TPSA) is 107 Å². The summed E-state index contributed by atoms with van der Waals surface area (Å²) in [7, 11) is 1.54. The standard InChI is InChI=1S/C17H17N3O5S/c1-11-15(19(22)23)8-13(9-16(11)20(24)25)17(21)18(2)10-12-4-6-14(26-3)7-5-12/h4-9H,10H2,1-3H3. The third kappa shape index (κ3) is 4.17. The molecule has 0 saturated carbocycles. The first-order valence-electron chi connectivity index (χ1n) is 7.56. The van der Waals surface area contributed by atoms with E-state index in [4.69, 9.17) is 0 Å². The van der Waals surface area contributed by atoms with Gasteiger partial charge in [0, 0.05) is 30.6 Å². The van der Waals surface area contributed by atoms with Crippen molar-refractivity contribution in [3.63, 3.8) is 0 Å². The van der Waals surface area contributed by atoms with E-state index in [9.17, 15) is 25.0 Å². The molecular weight excluding hydrogens is 358 g/mol. The fourth-order valence-corrected chi connectivity index (χ4v) is 2.89. The third-order valence-corrected chi connectivity index (χ3v) is 4.66. The van der Waals surface area contributed by atoms with Gasteiger partial charge < -0.3 is 4.90 Å². The summed E-state index contributed by atoms with van der Waals surface area (Å²) in [5.41, 5.74) is -0.167. The maximum Gasteiger partial charge on any atom is 0.279 e. The molecule has 0 saturated heterocycles. The number of carbonyl (C=O) groups excluding carboxylic acids is 1. The summed E-state index contributed by atoms with van der Waals surface area (Å²) < 4.78 is 0. The Hall–Kier alpha value is -2.94. The highest BCUT2D eigenvalue weighted by Gasteiger charge is 2.26. The molecule has 0 N–H and O–H groups in total. The highest BCUT2D eigenvalue weighted by atomic mass is 32.2. The van der Waals surface area contributed by atoms with Crippen molar-refractivity contribution in [1.29, 1.82) is 0 Å². The molecule has 0 aliphatic heterocycles. The third-order valence-electron chi connectivity index (χ3n) is 3.92. The molecule has 0 aromatic heterocycles. The van der Waals surface area contributed by atoms with Crippen LogP contribution in [0.1, 0.15) is 21.5 Å². The minimum Gasteiger partial charge on any atom is -0.337 e. The second-order valence-corrected chi connectivity index (χ2v) is 6.54. The molecule has 0 atom stereocenters. The van der Waals surface area contributed by atoms with Crippen molar-refractivity contribution in [2.75, 3.05) is 13.3 Å².